The van der Waals surface area contributed by atoms with E-state index in [9.17, 15) is 5.11 Å². The highest BCUT2D eigenvalue weighted by Gasteiger charge is 1.99. The Bertz CT molecular complexity index is 526. The lowest BCUT2D eigenvalue weighted by molar-refractivity contribution is 0.475. The van der Waals surface area contributed by atoms with Gasteiger partial charge >= 0.3 is 0 Å². The first-order valence-electron chi connectivity index (χ1n) is 5.58. The van der Waals surface area contributed by atoms with Crippen LogP contribution in [0.2, 0.25) is 0 Å². The van der Waals surface area contributed by atoms with Crippen molar-refractivity contribution in [1.29, 1.82) is 0 Å². The van der Waals surface area contributed by atoms with E-state index >= 15 is 0 Å². The van der Waals surface area contributed by atoms with Gasteiger partial charge in [0.15, 0.2) is 0 Å². The van der Waals surface area contributed by atoms with Gasteiger partial charge in [0.05, 0.1) is 0 Å². The van der Waals surface area contributed by atoms with Crippen LogP contribution in [0, 0.1) is 0 Å². The highest BCUT2D eigenvalue weighted by atomic mass is 79.9. The van der Waals surface area contributed by atoms with Gasteiger partial charge in [-0.2, -0.15) is 0 Å². The standard InChI is InChI=1S/C14H13Br2NO/c15-13-6-3-11(7-14(13)16)9-17-8-10-1-4-12(18)5-2-10/h1-7,17-18H,8-9H2. The molecular weight excluding hydrogens is 358 g/mol. The first-order valence-corrected chi connectivity index (χ1v) is 7.16. The fourth-order valence-electron chi connectivity index (χ4n) is 1.61. The molecule has 2 nitrogen and oxygen atoms in total. The fourth-order valence-corrected chi connectivity index (χ4v) is 2.29. The average Bonchev–Trinajstić information content (AvgIpc) is 2.36. The summed E-state index contributed by atoms with van der Waals surface area (Å²) in [5.41, 5.74) is 2.38. The minimum atomic E-state index is 0.301. The maximum absolute atomic E-state index is 9.19. The zero-order valence-corrected chi connectivity index (χ0v) is 12.8. The molecule has 2 aromatic rings. The molecule has 0 heterocycles. The zero-order valence-electron chi connectivity index (χ0n) is 9.66. The molecular formula is C14H13Br2NO. The van der Waals surface area contributed by atoms with E-state index in [1.165, 1.54) is 5.56 Å². The highest BCUT2D eigenvalue weighted by molar-refractivity contribution is 9.13. The van der Waals surface area contributed by atoms with Crippen LogP contribution >= 0.6 is 31.9 Å². The van der Waals surface area contributed by atoms with E-state index in [-0.39, 0.29) is 0 Å². The predicted octanol–water partition coefficient (Wildman–Crippen LogP) is 4.21. The number of nitrogens with one attached hydrogen (secondary N) is 1. The lowest BCUT2D eigenvalue weighted by atomic mass is 10.2. The van der Waals surface area contributed by atoms with Crippen molar-refractivity contribution in [2.45, 2.75) is 13.1 Å². The summed E-state index contributed by atoms with van der Waals surface area (Å²) in [4.78, 5) is 0. The number of hydrogen-bond acceptors (Lipinski definition) is 2. The molecule has 0 aliphatic rings. The summed E-state index contributed by atoms with van der Waals surface area (Å²) in [6.45, 7) is 1.60. The zero-order chi connectivity index (χ0) is 13.0. The summed E-state index contributed by atoms with van der Waals surface area (Å²) >= 11 is 6.94. The molecule has 0 bridgehead atoms. The molecule has 0 aliphatic heterocycles. The second-order valence-corrected chi connectivity index (χ2v) is 5.73. The van der Waals surface area contributed by atoms with Crippen molar-refractivity contribution in [1.82, 2.24) is 5.32 Å². The molecule has 0 aliphatic carbocycles. The number of rotatable bonds is 4. The molecule has 0 amide bonds. The van der Waals surface area contributed by atoms with Crippen LogP contribution in [-0.2, 0) is 13.1 Å². The summed E-state index contributed by atoms with van der Waals surface area (Å²) < 4.78 is 2.12. The summed E-state index contributed by atoms with van der Waals surface area (Å²) in [7, 11) is 0. The Hall–Kier alpha value is -0.840. The minimum Gasteiger partial charge on any atom is -0.508 e. The molecule has 0 saturated heterocycles. The van der Waals surface area contributed by atoms with Gasteiger partial charge in [0.1, 0.15) is 5.75 Å². The SMILES string of the molecule is Oc1ccc(CNCc2ccc(Br)c(Br)c2)cc1. The average molecular weight is 371 g/mol. The third kappa shape index (κ3) is 3.83. The van der Waals surface area contributed by atoms with Crippen molar-refractivity contribution in [2.75, 3.05) is 0 Å². The number of hydrogen-bond donors (Lipinski definition) is 2. The van der Waals surface area contributed by atoms with Crippen LogP contribution < -0.4 is 5.32 Å². The van der Waals surface area contributed by atoms with E-state index in [1.807, 2.05) is 18.2 Å². The van der Waals surface area contributed by atoms with Crippen LogP contribution in [0.1, 0.15) is 11.1 Å². The molecule has 0 radical (unpaired) electrons. The van der Waals surface area contributed by atoms with Crippen molar-refractivity contribution in [2.24, 2.45) is 0 Å². The first kappa shape index (κ1) is 13.6. The third-order valence-corrected chi connectivity index (χ3v) is 4.46. The van der Waals surface area contributed by atoms with E-state index in [4.69, 9.17) is 0 Å². The Morgan fingerprint density at radius 3 is 2.11 bits per heavy atom. The van der Waals surface area contributed by atoms with Crippen LogP contribution in [0.25, 0.3) is 0 Å². The van der Waals surface area contributed by atoms with E-state index in [0.29, 0.717) is 5.75 Å². The second-order valence-electron chi connectivity index (χ2n) is 4.02. The van der Waals surface area contributed by atoms with Crippen molar-refractivity contribution in [3.8, 4) is 5.75 Å². The lowest BCUT2D eigenvalue weighted by Crippen LogP contribution is -2.12. The topological polar surface area (TPSA) is 32.3 Å². The molecule has 2 rings (SSSR count). The Labute approximate surface area is 123 Å². The summed E-state index contributed by atoms with van der Waals surface area (Å²) in [5, 5.41) is 12.6. The van der Waals surface area contributed by atoms with Gasteiger partial charge < -0.3 is 10.4 Å². The van der Waals surface area contributed by atoms with Gasteiger partial charge in [0, 0.05) is 22.0 Å². The van der Waals surface area contributed by atoms with Crippen molar-refractivity contribution >= 4 is 31.9 Å². The largest absolute Gasteiger partial charge is 0.508 e. The minimum absolute atomic E-state index is 0.301. The third-order valence-electron chi connectivity index (χ3n) is 2.58. The van der Waals surface area contributed by atoms with Crippen LogP contribution in [0.5, 0.6) is 5.75 Å². The van der Waals surface area contributed by atoms with Crippen LogP contribution in [0.4, 0.5) is 0 Å². The number of benzene rings is 2. The summed E-state index contributed by atoms with van der Waals surface area (Å²) in [5.74, 6) is 0.301. The van der Waals surface area contributed by atoms with E-state index in [2.05, 4.69) is 49.3 Å². The van der Waals surface area contributed by atoms with Crippen LogP contribution in [0.15, 0.2) is 51.4 Å². The molecule has 0 saturated carbocycles. The number of phenolic OH excluding ortho intramolecular Hbond substituents is 1. The molecule has 0 fully saturated rings. The van der Waals surface area contributed by atoms with Gasteiger partial charge in [-0.25, -0.2) is 0 Å². The van der Waals surface area contributed by atoms with Crippen LogP contribution in [-0.4, -0.2) is 5.11 Å². The monoisotopic (exact) mass is 369 g/mol. The predicted molar refractivity (Wildman–Crippen MR) is 80.5 cm³/mol. The lowest BCUT2D eigenvalue weighted by Gasteiger charge is -2.06. The summed E-state index contributed by atoms with van der Waals surface area (Å²) in [6, 6.07) is 13.4. The number of aromatic hydroxyl groups is 1. The molecule has 2 aromatic carbocycles. The smallest absolute Gasteiger partial charge is 0.115 e. The Balaban J connectivity index is 1.88. The van der Waals surface area contributed by atoms with Crippen molar-refractivity contribution in [3.05, 3.63) is 62.5 Å². The molecule has 18 heavy (non-hydrogen) atoms. The normalized spacial score (nSPS) is 10.6. The maximum atomic E-state index is 9.19. The number of halogens is 2. The maximum Gasteiger partial charge on any atom is 0.115 e. The van der Waals surface area contributed by atoms with Crippen molar-refractivity contribution in [3.63, 3.8) is 0 Å². The molecule has 2 N–H and O–H groups in total. The van der Waals surface area contributed by atoms with Crippen molar-refractivity contribution < 1.29 is 5.11 Å². The van der Waals surface area contributed by atoms with E-state index in [1.54, 1.807) is 12.1 Å². The van der Waals surface area contributed by atoms with Crippen LogP contribution in [0.3, 0.4) is 0 Å². The van der Waals surface area contributed by atoms with Gasteiger partial charge in [-0.1, -0.05) is 18.2 Å². The molecule has 4 heteroatoms. The summed E-state index contributed by atoms with van der Waals surface area (Å²) in [6.07, 6.45) is 0. The van der Waals surface area contributed by atoms with Gasteiger partial charge in [-0.05, 0) is 67.3 Å². The molecule has 0 spiro atoms. The Morgan fingerprint density at radius 1 is 0.833 bits per heavy atom. The van der Waals surface area contributed by atoms with Gasteiger partial charge in [-0.3, -0.25) is 0 Å². The van der Waals surface area contributed by atoms with E-state index < -0.39 is 0 Å². The quantitative estimate of drug-likeness (QED) is 0.844. The van der Waals surface area contributed by atoms with Gasteiger partial charge in [-0.15, -0.1) is 0 Å². The molecule has 0 aromatic heterocycles. The second kappa shape index (κ2) is 6.36. The number of phenols is 1. The molecule has 0 atom stereocenters. The molecule has 94 valence electrons. The Kier molecular flexibility index (Phi) is 4.80. The molecule has 0 unspecified atom stereocenters. The first-order chi connectivity index (χ1) is 8.65. The van der Waals surface area contributed by atoms with Gasteiger partial charge in [0.2, 0.25) is 0 Å². The highest BCUT2D eigenvalue weighted by Crippen LogP contribution is 2.23. The van der Waals surface area contributed by atoms with Gasteiger partial charge in [0.25, 0.3) is 0 Å². The Morgan fingerprint density at radius 2 is 1.44 bits per heavy atom. The van der Waals surface area contributed by atoms with E-state index in [0.717, 1.165) is 27.6 Å². The fraction of sp³-hybridized carbons (Fsp3) is 0.143.